The lowest BCUT2D eigenvalue weighted by Gasteiger charge is -2.34. The number of hydrogen-bond donors (Lipinski definition) is 1. The zero-order valence-electron chi connectivity index (χ0n) is 18.2. The third kappa shape index (κ3) is 4.69. The minimum absolute atomic E-state index is 0.0593. The second kappa shape index (κ2) is 10.1. The lowest BCUT2D eigenvalue weighted by Crippen LogP contribution is -2.39. The van der Waals surface area contributed by atoms with E-state index in [1.54, 1.807) is 19.1 Å². The number of nitrogens with zero attached hydrogens (tertiary/aromatic N) is 1. The molecule has 0 saturated heterocycles. The molecule has 1 aromatic rings. The number of carbonyl (C=O) groups is 2. The highest BCUT2D eigenvalue weighted by Crippen LogP contribution is 2.43. The van der Waals surface area contributed by atoms with Gasteiger partial charge in [-0.1, -0.05) is 18.2 Å². The number of rotatable bonds is 8. The van der Waals surface area contributed by atoms with Crippen LogP contribution >= 0.6 is 0 Å². The first-order valence-corrected chi connectivity index (χ1v) is 10.7. The predicted molar refractivity (Wildman–Crippen MR) is 111 cm³/mol. The fourth-order valence-corrected chi connectivity index (χ4v) is 4.57. The van der Waals surface area contributed by atoms with Gasteiger partial charge in [0.15, 0.2) is 0 Å². The fourth-order valence-electron chi connectivity index (χ4n) is 3.59. The molecule has 10 nitrogen and oxygen atoms in total. The topological polar surface area (TPSA) is 130 Å². The van der Waals surface area contributed by atoms with E-state index in [-0.39, 0.29) is 21.7 Å². The Balaban J connectivity index is 2.97. The fraction of sp³-hybridized carbons (Fsp3) is 0.450. The van der Waals surface area contributed by atoms with Gasteiger partial charge in [-0.25, -0.2) is 17.9 Å². The molecule has 0 aliphatic carbocycles. The van der Waals surface area contributed by atoms with Gasteiger partial charge in [-0.15, -0.1) is 0 Å². The number of carbonyl (C=O) groups excluding carboxylic acids is 2. The minimum Gasteiger partial charge on any atom is -0.468 e. The standard InChI is InChI=1S/C20H26N2O8S/c1-11-14(18(23)27-3)15(12-9-7-8-10-13(12)31(25,26)21-2)16(19(24)28-4)17(22-11)20(29-5)30-6/h7-10,14-15,20-21H,1-6H3. The van der Waals surface area contributed by atoms with Gasteiger partial charge in [0.25, 0.3) is 0 Å². The number of esters is 2. The Morgan fingerprint density at radius 3 is 2.19 bits per heavy atom. The molecule has 0 spiro atoms. The minimum atomic E-state index is -3.94. The first-order valence-electron chi connectivity index (χ1n) is 9.21. The van der Waals surface area contributed by atoms with Crippen LogP contribution in [0.2, 0.25) is 0 Å². The third-order valence-electron chi connectivity index (χ3n) is 4.99. The maximum absolute atomic E-state index is 12.9. The van der Waals surface area contributed by atoms with E-state index in [9.17, 15) is 18.0 Å². The number of ether oxygens (including phenoxy) is 4. The average Bonchev–Trinajstić information content (AvgIpc) is 2.78. The Labute approximate surface area is 181 Å². The predicted octanol–water partition coefficient (Wildman–Crippen LogP) is 0.988. The van der Waals surface area contributed by atoms with Crippen LogP contribution in [0.3, 0.4) is 0 Å². The van der Waals surface area contributed by atoms with E-state index in [0.717, 1.165) is 0 Å². The van der Waals surface area contributed by atoms with Gasteiger partial charge in [-0.2, -0.15) is 0 Å². The maximum Gasteiger partial charge on any atom is 0.336 e. The van der Waals surface area contributed by atoms with Crippen LogP contribution in [-0.4, -0.2) is 67.8 Å². The summed E-state index contributed by atoms with van der Waals surface area (Å²) in [5.41, 5.74) is 0.521. The summed E-state index contributed by atoms with van der Waals surface area (Å²) >= 11 is 0. The van der Waals surface area contributed by atoms with E-state index in [4.69, 9.17) is 18.9 Å². The molecule has 11 heteroatoms. The summed E-state index contributed by atoms with van der Waals surface area (Å²) < 4.78 is 48.2. The Bertz CT molecular complexity index is 1010. The summed E-state index contributed by atoms with van der Waals surface area (Å²) in [7, 11) is 2.44. The van der Waals surface area contributed by atoms with E-state index in [0.29, 0.717) is 5.71 Å². The van der Waals surface area contributed by atoms with Crippen molar-refractivity contribution in [3.05, 3.63) is 41.1 Å². The van der Waals surface area contributed by atoms with E-state index >= 15 is 0 Å². The van der Waals surface area contributed by atoms with Crippen molar-refractivity contribution in [3.8, 4) is 0 Å². The Morgan fingerprint density at radius 2 is 1.68 bits per heavy atom. The number of sulfonamides is 1. The average molecular weight is 455 g/mol. The Hall–Kier alpha value is -2.60. The van der Waals surface area contributed by atoms with E-state index in [1.807, 2.05) is 0 Å². The lowest BCUT2D eigenvalue weighted by molar-refractivity contribution is -0.144. The number of benzene rings is 1. The van der Waals surface area contributed by atoms with Crippen LogP contribution in [0.15, 0.2) is 45.4 Å². The molecule has 2 unspecified atom stereocenters. The molecule has 2 atom stereocenters. The molecular formula is C20H26N2O8S. The molecule has 1 aliphatic rings. The summed E-state index contributed by atoms with van der Waals surface area (Å²) in [6.45, 7) is 1.58. The summed E-state index contributed by atoms with van der Waals surface area (Å²) in [5.74, 6) is -3.65. The second-order valence-electron chi connectivity index (χ2n) is 6.57. The smallest absolute Gasteiger partial charge is 0.336 e. The number of aliphatic imine (C=N–C) groups is 1. The van der Waals surface area contributed by atoms with Crippen molar-refractivity contribution in [2.24, 2.45) is 10.9 Å². The molecule has 1 N–H and O–H groups in total. The van der Waals surface area contributed by atoms with Crippen LogP contribution in [0.4, 0.5) is 0 Å². The van der Waals surface area contributed by atoms with Crippen LogP contribution in [0, 0.1) is 5.92 Å². The number of hydrogen-bond acceptors (Lipinski definition) is 9. The first-order chi connectivity index (χ1) is 14.7. The van der Waals surface area contributed by atoms with Crippen molar-refractivity contribution in [3.63, 3.8) is 0 Å². The van der Waals surface area contributed by atoms with Crippen molar-refractivity contribution in [2.45, 2.75) is 24.0 Å². The van der Waals surface area contributed by atoms with E-state index < -0.39 is 40.1 Å². The van der Waals surface area contributed by atoms with Crippen molar-refractivity contribution < 1.29 is 37.0 Å². The molecule has 0 aromatic heterocycles. The van der Waals surface area contributed by atoms with Gasteiger partial charge in [-0.3, -0.25) is 9.79 Å². The van der Waals surface area contributed by atoms with Gasteiger partial charge in [0.2, 0.25) is 16.3 Å². The molecule has 2 rings (SSSR count). The van der Waals surface area contributed by atoms with Gasteiger partial charge in [0.1, 0.15) is 11.6 Å². The Kier molecular flexibility index (Phi) is 8.07. The number of nitrogens with one attached hydrogen (secondary N) is 1. The molecule has 1 aromatic carbocycles. The molecule has 0 amide bonds. The quantitative estimate of drug-likeness (QED) is 0.455. The van der Waals surface area contributed by atoms with Crippen LogP contribution in [0.1, 0.15) is 18.4 Å². The molecule has 0 saturated carbocycles. The number of methoxy groups -OCH3 is 4. The normalized spacial score (nSPS) is 19.3. The molecule has 1 heterocycles. The van der Waals surface area contributed by atoms with Crippen molar-refractivity contribution in [2.75, 3.05) is 35.5 Å². The van der Waals surface area contributed by atoms with Crippen molar-refractivity contribution in [1.29, 1.82) is 0 Å². The van der Waals surface area contributed by atoms with Gasteiger partial charge >= 0.3 is 11.9 Å². The van der Waals surface area contributed by atoms with Gasteiger partial charge in [-0.05, 0) is 25.6 Å². The maximum atomic E-state index is 12.9. The van der Waals surface area contributed by atoms with Gasteiger partial charge < -0.3 is 18.9 Å². The molecule has 0 bridgehead atoms. The highest BCUT2D eigenvalue weighted by molar-refractivity contribution is 7.89. The van der Waals surface area contributed by atoms with Crippen molar-refractivity contribution >= 4 is 27.7 Å². The lowest BCUT2D eigenvalue weighted by atomic mass is 9.75. The van der Waals surface area contributed by atoms with Crippen LogP contribution in [-0.2, 0) is 38.6 Å². The highest BCUT2D eigenvalue weighted by atomic mass is 32.2. The molecule has 0 fully saturated rings. The van der Waals surface area contributed by atoms with Crippen LogP contribution < -0.4 is 4.72 Å². The Morgan fingerprint density at radius 1 is 1.06 bits per heavy atom. The summed E-state index contributed by atoms with van der Waals surface area (Å²) in [4.78, 5) is 30.0. The molecule has 0 radical (unpaired) electrons. The van der Waals surface area contributed by atoms with Crippen LogP contribution in [0.25, 0.3) is 0 Å². The SMILES string of the molecule is CNS(=O)(=O)c1ccccc1C1C(C(=O)OC)=C(C(OC)OC)N=C(C)C1C(=O)OC. The molecule has 31 heavy (non-hydrogen) atoms. The largest absolute Gasteiger partial charge is 0.468 e. The summed E-state index contributed by atoms with van der Waals surface area (Å²) in [6, 6.07) is 6.06. The van der Waals surface area contributed by atoms with E-state index in [2.05, 4.69) is 9.71 Å². The molecule has 1 aliphatic heterocycles. The van der Waals surface area contributed by atoms with E-state index in [1.165, 1.54) is 47.6 Å². The molecular weight excluding hydrogens is 428 g/mol. The summed E-state index contributed by atoms with van der Waals surface area (Å²) in [5, 5.41) is 0. The first kappa shape index (κ1) is 24.7. The van der Waals surface area contributed by atoms with Crippen molar-refractivity contribution in [1.82, 2.24) is 4.72 Å². The zero-order valence-corrected chi connectivity index (χ0v) is 19.0. The zero-order chi connectivity index (χ0) is 23.3. The monoisotopic (exact) mass is 454 g/mol. The third-order valence-corrected chi connectivity index (χ3v) is 6.48. The van der Waals surface area contributed by atoms with Crippen LogP contribution in [0.5, 0.6) is 0 Å². The highest BCUT2D eigenvalue weighted by Gasteiger charge is 2.46. The molecule has 170 valence electrons. The van der Waals surface area contributed by atoms with Gasteiger partial charge in [0, 0.05) is 25.8 Å². The second-order valence-corrected chi connectivity index (χ2v) is 8.43. The van der Waals surface area contributed by atoms with Gasteiger partial charge in [0.05, 0.1) is 24.7 Å². The summed E-state index contributed by atoms with van der Waals surface area (Å²) in [6.07, 6.45) is -1.06.